The molecule has 116 valence electrons. The summed E-state index contributed by atoms with van der Waals surface area (Å²) < 4.78 is 36.7. The number of aryl methyl sites for hydroxylation is 1. The van der Waals surface area contributed by atoms with E-state index in [9.17, 15) is 17.6 Å². The third kappa shape index (κ3) is 3.79. The maximum absolute atomic E-state index is 14.0. The normalized spacial score (nSPS) is 15.6. The third-order valence-corrected chi connectivity index (χ3v) is 4.76. The van der Waals surface area contributed by atoms with E-state index in [4.69, 9.17) is 5.14 Å². The zero-order valence-electron chi connectivity index (χ0n) is 11.9. The summed E-state index contributed by atoms with van der Waals surface area (Å²) in [6.45, 7) is 1.86. The number of benzene rings is 1. The summed E-state index contributed by atoms with van der Waals surface area (Å²) in [4.78, 5) is 11.7. The number of nitrogens with two attached hydrogens (primary N) is 1. The molecule has 0 saturated heterocycles. The summed E-state index contributed by atoms with van der Waals surface area (Å²) in [7, 11) is -3.97. The van der Waals surface area contributed by atoms with Crippen LogP contribution < -0.4 is 10.5 Å². The minimum atomic E-state index is -3.97. The number of carbonyl (C=O) groups is 1. The van der Waals surface area contributed by atoms with E-state index in [1.807, 2.05) is 0 Å². The van der Waals surface area contributed by atoms with Crippen molar-refractivity contribution in [3.63, 3.8) is 0 Å². The van der Waals surface area contributed by atoms with Gasteiger partial charge in [0.05, 0.1) is 10.5 Å². The zero-order chi connectivity index (χ0) is 15.6. The van der Waals surface area contributed by atoms with Gasteiger partial charge in [0.15, 0.2) is 0 Å². The summed E-state index contributed by atoms with van der Waals surface area (Å²) in [5.74, 6) is -0.698. The Balaban J connectivity index is 2.13. The van der Waals surface area contributed by atoms with Crippen LogP contribution in [0.25, 0.3) is 0 Å². The van der Waals surface area contributed by atoms with Crippen LogP contribution in [0.15, 0.2) is 17.0 Å². The number of halogens is 1. The molecule has 0 heterocycles. The van der Waals surface area contributed by atoms with Gasteiger partial charge in [-0.25, -0.2) is 17.9 Å². The second-order valence-corrected chi connectivity index (χ2v) is 7.05. The first-order chi connectivity index (χ1) is 9.79. The Bertz CT molecular complexity index is 654. The summed E-state index contributed by atoms with van der Waals surface area (Å²) >= 11 is 0. The van der Waals surface area contributed by atoms with Gasteiger partial charge in [-0.1, -0.05) is 19.3 Å². The van der Waals surface area contributed by atoms with E-state index in [0.717, 1.165) is 18.6 Å². The molecule has 0 unspecified atom stereocenters. The maximum Gasteiger partial charge on any atom is 0.254 e. The number of sulfonamides is 1. The summed E-state index contributed by atoms with van der Waals surface area (Å²) in [6, 6.07) is 2.10. The minimum absolute atomic E-state index is 0.0747. The molecule has 0 spiro atoms. The monoisotopic (exact) mass is 314 g/mol. The molecule has 1 aromatic rings. The van der Waals surface area contributed by atoms with Gasteiger partial charge in [0, 0.05) is 6.54 Å². The molecule has 21 heavy (non-hydrogen) atoms. The van der Waals surface area contributed by atoms with E-state index in [1.165, 1.54) is 26.2 Å². The average Bonchev–Trinajstić information content (AvgIpc) is 2.33. The van der Waals surface area contributed by atoms with Crippen molar-refractivity contribution in [1.29, 1.82) is 0 Å². The first-order valence-corrected chi connectivity index (χ1v) is 8.45. The second-order valence-electron chi connectivity index (χ2n) is 5.49. The van der Waals surface area contributed by atoms with Crippen molar-refractivity contribution in [3.8, 4) is 0 Å². The number of hydrogen-bond donors (Lipinski definition) is 2. The van der Waals surface area contributed by atoms with Crippen LogP contribution in [-0.2, 0) is 10.0 Å². The lowest BCUT2D eigenvalue weighted by molar-refractivity contribution is 0.0944. The first-order valence-electron chi connectivity index (χ1n) is 6.90. The fourth-order valence-electron chi connectivity index (χ4n) is 2.33. The number of primary sulfonamides is 1. The highest BCUT2D eigenvalue weighted by Gasteiger charge is 2.20. The smallest absolute Gasteiger partial charge is 0.254 e. The first kappa shape index (κ1) is 15.9. The highest BCUT2D eigenvalue weighted by atomic mass is 32.2. The molecule has 0 radical (unpaired) electrons. The van der Waals surface area contributed by atoms with Gasteiger partial charge in [-0.05, 0) is 37.0 Å². The lowest BCUT2D eigenvalue weighted by Crippen LogP contribution is -2.28. The fourth-order valence-corrected chi connectivity index (χ4v) is 2.96. The predicted molar refractivity (Wildman–Crippen MR) is 76.8 cm³/mol. The van der Waals surface area contributed by atoms with Gasteiger partial charge in [0.1, 0.15) is 5.82 Å². The number of carbonyl (C=O) groups excluding carboxylic acids is 1. The number of hydrogen-bond acceptors (Lipinski definition) is 3. The fraction of sp³-hybridized carbons (Fsp3) is 0.500. The third-order valence-electron chi connectivity index (χ3n) is 3.86. The lowest BCUT2D eigenvalue weighted by atomic mass is 9.83. The van der Waals surface area contributed by atoms with Gasteiger partial charge in [0.2, 0.25) is 10.0 Å². The van der Waals surface area contributed by atoms with Crippen LogP contribution in [-0.4, -0.2) is 20.9 Å². The van der Waals surface area contributed by atoms with Crippen LogP contribution in [0.3, 0.4) is 0 Å². The molecular formula is C14H19FN2O3S. The van der Waals surface area contributed by atoms with Gasteiger partial charge < -0.3 is 5.32 Å². The number of rotatable bonds is 5. The Morgan fingerprint density at radius 1 is 1.43 bits per heavy atom. The van der Waals surface area contributed by atoms with Crippen LogP contribution in [0.1, 0.15) is 41.6 Å². The van der Waals surface area contributed by atoms with E-state index in [2.05, 4.69) is 5.32 Å². The molecule has 1 aliphatic rings. The molecule has 5 nitrogen and oxygen atoms in total. The molecule has 0 bridgehead atoms. The molecule has 1 fully saturated rings. The Hall–Kier alpha value is -1.47. The molecular weight excluding hydrogens is 295 g/mol. The number of nitrogens with one attached hydrogen (secondary N) is 1. The molecule has 3 N–H and O–H groups in total. The van der Waals surface area contributed by atoms with E-state index in [0.29, 0.717) is 12.5 Å². The molecule has 0 aromatic heterocycles. The maximum atomic E-state index is 14.0. The molecule has 0 aliphatic heterocycles. The van der Waals surface area contributed by atoms with Crippen LogP contribution in [0.2, 0.25) is 0 Å². The molecule has 7 heteroatoms. The molecule has 2 rings (SSSR count). The van der Waals surface area contributed by atoms with Crippen LogP contribution >= 0.6 is 0 Å². The summed E-state index contributed by atoms with van der Waals surface area (Å²) in [6.07, 6.45) is 4.43. The van der Waals surface area contributed by atoms with Crippen LogP contribution in [0.4, 0.5) is 4.39 Å². The Morgan fingerprint density at radius 2 is 2.10 bits per heavy atom. The average molecular weight is 314 g/mol. The Kier molecular flexibility index (Phi) is 4.63. The summed E-state index contributed by atoms with van der Waals surface area (Å²) in [5, 5.41) is 7.66. The van der Waals surface area contributed by atoms with Crippen molar-refractivity contribution in [2.24, 2.45) is 11.1 Å². The van der Waals surface area contributed by atoms with Gasteiger partial charge in [0.25, 0.3) is 5.91 Å². The number of amides is 1. The second kappa shape index (κ2) is 6.11. The highest BCUT2D eigenvalue weighted by Crippen LogP contribution is 2.28. The topological polar surface area (TPSA) is 89.3 Å². The van der Waals surface area contributed by atoms with Gasteiger partial charge in [-0.15, -0.1) is 0 Å². The molecule has 1 saturated carbocycles. The van der Waals surface area contributed by atoms with Crippen molar-refractivity contribution in [2.75, 3.05) is 6.54 Å². The van der Waals surface area contributed by atoms with Crippen LogP contribution in [0.5, 0.6) is 0 Å². The standard InChI is InChI=1S/C14H19FN2O3S/c1-9-7-11(21(16,19)20)8-12(13(9)15)14(18)17-6-5-10-3-2-4-10/h7-8,10H,2-6H2,1H3,(H,17,18)(H2,16,19,20). The van der Waals surface area contributed by atoms with E-state index in [1.54, 1.807) is 0 Å². The molecule has 1 aromatic carbocycles. The van der Waals surface area contributed by atoms with Crippen LogP contribution in [0, 0.1) is 18.7 Å². The SMILES string of the molecule is Cc1cc(S(N)(=O)=O)cc(C(=O)NCCC2CCC2)c1F. The Morgan fingerprint density at radius 3 is 2.62 bits per heavy atom. The zero-order valence-corrected chi connectivity index (χ0v) is 12.7. The molecule has 1 aliphatic carbocycles. The van der Waals surface area contributed by atoms with Gasteiger partial charge in [-0.2, -0.15) is 0 Å². The summed E-state index contributed by atoms with van der Waals surface area (Å²) in [5.41, 5.74) is -0.210. The Labute approximate surface area is 123 Å². The van der Waals surface area contributed by atoms with Crippen molar-refractivity contribution >= 4 is 15.9 Å². The van der Waals surface area contributed by atoms with Crippen molar-refractivity contribution < 1.29 is 17.6 Å². The largest absolute Gasteiger partial charge is 0.352 e. The quantitative estimate of drug-likeness (QED) is 0.867. The van der Waals surface area contributed by atoms with E-state index >= 15 is 0 Å². The minimum Gasteiger partial charge on any atom is -0.352 e. The highest BCUT2D eigenvalue weighted by molar-refractivity contribution is 7.89. The van der Waals surface area contributed by atoms with Crippen molar-refractivity contribution in [2.45, 2.75) is 37.5 Å². The van der Waals surface area contributed by atoms with E-state index in [-0.39, 0.29) is 16.0 Å². The molecule has 1 amide bonds. The van der Waals surface area contributed by atoms with Crippen molar-refractivity contribution in [3.05, 3.63) is 29.1 Å². The predicted octanol–water partition coefficient (Wildman–Crippen LogP) is 1.70. The molecule has 0 atom stereocenters. The van der Waals surface area contributed by atoms with Gasteiger partial charge in [-0.3, -0.25) is 4.79 Å². The van der Waals surface area contributed by atoms with Crippen molar-refractivity contribution in [1.82, 2.24) is 5.32 Å². The van der Waals surface area contributed by atoms with E-state index < -0.39 is 21.7 Å². The van der Waals surface area contributed by atoms with Gasteiger partial charge >= 0.3 is 0 Å². The lowest BCUT2D eigenvalue weighted by Gasteiger charge is -2.25.